The molecule has 0 spiro atoms. The van der Waals surface area contributed by atoms with Crippen molar-refractivity contribution in [2.45, 2.75) is 0 Å². The Balaban J connectivity index is 3.53. The van der Waals surface area contributed by atoms with Gasteiger partial charge in [0.25, 0.3) is 0 Å². The fraction of sp³-hybridized carbons (Fsp3) is 1.00. The Bertz CT molecular complexity index is 186. The second-order valence-electron chi connectivity index (χ2n) is 1.03. The molecular weight excluding hydrogens is 220 g/mol. The van der Waals surface area contributed by atoms with Crippen LogP contribution in [0.1, 0.15) is 0 Å². The molecule has 0 heterocycles. The Morgan fingerprint density at radius 1 is 1.18 bits per heavy atom. The smallest absolute Gasteiger partial charge is 0.282 e. The molecule has 0 aliphatic carbocycles. The lowest BCUT2D eigenvalue weighted by Crippen LogP contribution is -2.05. The lowest BCUT2D eigenvalue weighted by molar-refractivity contribution is -0.0861. The van der Waals surface area contributed by atoms with Gasteiger partial charge in [-0.05, 0) is 0 Å². The first kappa shape index (κ1) is 11.3. The molecular formula is CH4O7S3. The Labute approximate surface area is 70.0 Å². The third-order valence-electron chi connectivity index (χ3n) is 0.293. The molecule has 0 aromatic heterocycles. The Kier molecular flexibility index (Phi) is 6.03. The highest BCUT2D eigenvalue weighted by atomic mass is 32.3. The summed E-state index contributed by atoms with van der Waals surface area (Å²) in [5, 5.41) is 0. The van der Waals surface area contributed by atoms with Crippen molar-refractivity contribution in [2.75, 3.05) is 6.26 Å². The molecule has 0 radical (unpaired) electrons. The zero-order chi connectivity index (χ0) is 8.85. The highest BCUT2D eigenvalue weighted by Crippen LogP contribution is 1.93. The van der Waals surface area contributed by atoms with E-state index >= 15 is 0 Å². The second kappa shape index (κ2) is 5.88. The van der Waals surface area contributed by atoms with Gasteiger partial charge in [-0.2, -0.15) is 12.0 Å². The van der Waals surface area contributed by atoms with E-state index in [0.717, 1.165) is 6.26 Å². The van der Waals surface area contributed by atoms with E-state index < -0.39 is 33.8 Å². The highest BCUT2D eigenvalue weighted by Gasteiger charge is 2.06. The molecule has 3 atom stereocenters. The van der Waals surface area contributed by atoms with Crippen molar-refractivity contribution in [2.24, 2.45) is 0 Å². The summed E-state index contributed by atoms with van der Waals surface area (Å²) in [7, 11) is 0. The Hall–Kier alpha value is 0.290. The van der Waals surface area contributed by atoms with E-state index in [1.165, 1.54) is 0 Å². The maximum absolute atomic E-state index is 10.3. The molecule has 0 aromatic rings. The summed E-state index contributed by atoms with van der Waals surface area (Å²) in [6, 6.07) is 0. The van der Waals surface area contributed by atoms with Gasteiger partial charge >= 0.3 is 22.7 Å². The van der Waals surface area contributed by atoms with Crippen molar-refractivity contribution in [1.82, 2.24) is 0 Å². The minimum atomic E-state index is -2.70. The summed E-state index contributed by atoms with van der Waals surface area (Å²) in [5.41, 5.74) is 0. The minimum absolute atomic E-state index is 1.09. The lowest BCUT2D eigenvalue weighted by Gasteiger charge is -1.94. The molecule has 68 valence electrons. The maximum Gasteiger partial charge on any atom is 0.348 e. The molecule has 0 fully saturated rings. The molecule has 0 bridgehead atoms. The first-order valence-corrected chi connectivity index (χ1v) is 5.44. The van der Waals surface area contributed by atoms with E-state index in [4.69, 9.17) is 4.55 Å². The normalized spacial score (nSPS) is 19.1. The largest absolute Gasteiger partial charge is 0.348 e. The molecule has 1 N–H and O–H groups in total. The van der Waals surface area contributed by atoms with E-state index in [-0.39, 0.29) is 0 Å². The molecule has 0 aliphatic heterocycles. The van der Waals surface area contributed by atoms with E-state index in [1.54, 1.807) is 0 Å². The van der Waals surface area contributed by atoms with Crippen LogP contribution in [0.3, 0.4) is 0 Å². The second-order valence-corrected chi connectivity index (χ2v) is 3.49. The average molecular weight is 224 g/mol. The predicted octanol–water partition coefficient (Wildman–Crippen LogP) is -1.04. The zero-order valence-electron chi connectivity index (χ0n) is 5.12. The Morgan fingerprint density at radius 3 is 2.09 bits per heavy atom. The summed E-state index contributed by atoms with van der Waals surface area (Å²) < 4.78 is 49.0. The van der Waals surface area contributed by atoms with Crippen molar-refractivity contribution in [3.8, 4) is 0 Å². The van der Waals surface area contributed by atoms with Gasteiger partial charge in [0.2, 0.25) is 0 Å². The highest BCUT2D eigenvalue weighted by molar-refractivity contribution is 7.91. The van der Waals surface area contributed by atoms with E-state index in [0.29, 0.717) is 0 Å². The summed E-state index contributed by atoms with van der Waals surface area (Å²) in [6.07, 6.45) is 1.09. The predicted molar refractivity (Wildman–Crippen MR) is 36.2 cm³/mol. The monoisotopic (exact) mass is 224 g/mol. The summed E-state index contributed by atoms with van der Waals surface area (Å²) in [4.78, 5) is 0. The van der Waals surface area contributed by atoms with E-state index in [9.17, 15) is 12.6 Å². The minimum Gasteiger partial charge on any atom is -0.282 e. The number of hydrogen-bond donors (Lipinski definition) is 1. The molecule has 0 aromatic carbocycles. The molecule has 0 aliphatic rings. The van der Waals surface area contributed by atoms with Crippen molar-refractivity contribution >= 4 is 33.8 Å². The third-order valence-corrected chi connectivity index (χ3v) is 1.95. The van der Waals surface area contributed by atoms with Crippen molar-refractivity contribution in [1.29, 1.82) is 0 Å². The molecule has 0 rings (SSSR count). The first-order chi connectivity index (χ1) is 5.02. The van der Waals surface area contributed by atoms with Crippen LogP contribution in [0.5, 0.6) is 0 Å². The lowest BCUT2D eigenvalue weighted by atomic mass is 12.0. The molecule has 3 unspecified atom stereocenters. The molecule has 7 nitrogen and oxygen atoms in total. The fourth-order valence-corrected chi connectivity index (χ4v) is 1.22. The van der Waals surface area contributed by atoms with Gasteiger partial charge in [0.05, 0.1) is 0 Å². The van der Waals surface area contributed by atoms with Gasteiger partial charge in [0, 0.05) is 6.26 Å². The molecule has 0 amide bonds. The van der Waals surface area contributed by atoms with Crippen molar-refractivity contribution in [3.63, 3.8) is 0 Å². The fourth-order valence-electron chi connectivity index (χ4n) is 0.136. The van der Waals surface area contributed by atoms with Gasteiger partial charge in [-0.15, -0.1) is 0 Å². The summed E-state index contributed by atoms with van der Waals surface area (Å²) in [6.45, 7) is 0. The van der Waals surface area contributed by atoms with E-state index in [2.05, 4.69) is 12.3 Å². The number of rotatable bonds is 5. The van der Waals surface area contributed by atoms with Gasteiger partial charge in [-0.3, -0.25) is 4.55 Å². The van der Waals surface area contributed by atoms with Gasteiger partial charge in [0.1, 0.15) is 0 Å². The standard InChI is InChI=1S/CH4O7S3/c1-9(2)8-11(5)7-6-10(3)4/h1H3,(H,3,4). The van der Waals surface area contributed by atoms with Crippen LogP contribution in [0, 0.1) is 0 Å². The van der Waals surface area contributed by atoms with E-state index in [1.807, 2.05) is 0 Å². The SMILES string of the molecule is CS(=O)OS(=O)OOS(=O)O. The van der Waals surface area contributed by atoms with Crippen LogP contribution in [0.4, 0.5) is 0 Å². The van der Waals surface area contributed by atoms with Crippen LogP contribution in [0.15, 0.2) is 0 Å². The van der Waals surface area contributed by atoms with Gasteiger partial charge in [-0.25, -0.2) is 4.21 Å². The quantitative estimate of drug-likeness (QED) is 0.361. The summed E-state index contributed by atoms with van der Waals surface area (Å²) >= 11 is -6.94. The van der Waals surface area contributed by atoms with Crippen LogP contribution >= 0.6 is 0 Å². The average Bonchev–Trinajstić information content (AvgIpc) is 1.82. The van der Waals surface area contributed by atoms with Gasteiger partial charge in [0.15, 0.2) is 11.1 Å². The number of hydrogen-bond acceptors (Lipinski definition) is 6. The molecule has 0 saturated carbocycles. The van der Waals surface area contributed by atoms with Crippen LogP contribution in [0.25, 0.3) is 0 Å². The topological polar surface area (TPSA) is 99.1 Å². The maximum atomic E-state index is 10.3. The first-order valence-electron chi connectivity index (χ1n) is 1.92. The van der Waals surface area contributed by atoms with Gasteiger partial charge in [-0.1, -0.05) is 8.67 Å². The van der Waals surface area contributed by atoms with Crippen LogP contribution in [-0.4, -0.2) is 23.4 Å². The Morgan fingerprint density at radius 2 is 1.73 bits per heavy atom. The van der Waals surface area contributed by atoms with Crippen molar-refractivity contribution in [3.05, 3.63) is 0 Å². The van der Waals surface area contributed by atoms with Gasteiger partial charge < -0.3 is 0 Å². The van der Waals surface area contributed by atoms with Crippen molar-refractivity contribution < 1.29 is 29.5 Å². The zero-order valence-corrected chi connectivity index (χ0v) is 7.57. The molecule has 10 heteroatoms. The van der Waals surface area contributed by atoms with Crippen LogP contribution < -0.4 is 0 Å². The van der Waals surface area contributed by atoms with Crippen LogP contribution in [-0.2, 0) is 46.1 Å². The molecule has 0 saturated heterocycles. The summed E-state index contributed by atoms with van der Waals surface area (Å²) in [5.74, 6) is 0. The molecule has 11 heavy (non-hydrogen) atoms. The van der Waals surface area contributed by atoms with Crippen LogP contribution in [0.2, 0.25) is 0 Å². The third kappa shape index (κ3) is 8.19.